The maximum absolute atomic E-state index is 7.86. The van der Waals surface area contributed by atoms with E-state index >= 15 is 0 Å². The standard InChI is InChI=1S/C14H11N/c15-14-7-3-6-12-11-5-2-1-4-10(11)8-9-13(12)14/h1-5,7-9,15H,6H2. The van der Waals surface area contributed by atoms with Gasteiger partial charge in [0.15, 0.2) is 0 Å². The van der Waals surface area contributed by atoms with E-state index < -0.39 is 0 Å². The van der Waals surface area contributed by atoms with Crippen molar-refractivity contribution in [1.82, 2.24) is 0 Å². The second-order valence-electron chi connectivity index (χ2n) is 3.83. The van der Waals surface area contributed by atoms with Crippen LogP contribution in [-0.4, -0.2) is 5.71 Å². The van der Waals surface area contributed by atoms with Crippen molar-refractivity contribution >= 4 is 16.5 Å². The molecule has 0 heterocycles. The van der Waals surface area contributed by atoms with Crippen LogP contribution < -0.4 is 0 Å². The lowest BCUT2D eigenvalue weighted by atomic mass is 9.90. The number of hydrogen-bond acceptors (Lipinski definition) is 1. The Kier molecular flexibility index (Phi) is 1.72. The van der Waals surface area contributed by atoms with Crippen molar-refractivity contribution in [2.45, 2.75) is 6.42 Å². The molecule has 2 aromatic carbocycles. The predicted molar refractivity (Wildman–Crippen MR) is 63.6 cm³/mol. The van der Waals surface area contributed by atoms with Gasteiger partial charge in [-0.1, -0.05) is 42.5 Å². The van der Waals surface area contributed by atoms with Gasteiger partial charge in [0.2, 0.25) is 0 Å². The molecule has 72 valence electrons. The van der Waals surface area contributed by atoms with Gasteiger partial charge < -0.3 is 5.41 Å². The van der Waals surface area contributed by atoms with Gasteiger partial charge in [-0.2, -0.15) is 0 Å². The monoisotopic (exact) mass is 193 g/mol. The van der Waals surface area contributed by atoms with Crippen LogP contribution in [0.5, 0.6) is 0 Å². The summed E-state index contributed by atoms with van der Waals surface area (Å²) in [6.07, 6.45) is 4.90. The van der Waals surface area contributed by atoms with Crippen molar-refractivity contribution in [3.05, 3.63) is 59.7 Å². The van der Waals surface area contributed by atoms with Gasteiger partial charge in [-0.05, 0) is 28.8 Å². The lowest BCUT2D eigenvalue weighted by molar-refractivity contribution is 1.26. The molecule has 0 saturated heterocycles. The van der Waals surface area contributed by atoms with Crippen molar-refractivity contribution < 1.29 is 0 Å². The number of benzene rings is 2. The topological polar surface area (TPSA) is 23.9 Å². The van der Waals surface area contributed by atoms with Crippen LogP contribution in [0.4, 0.5) is 0 Å². The minimum atomic E-state index is 0.627. The number of nitrogens with one attached hydrogen (secondary N) is 1. The van der Waals surface area contributed by atoms with E-state index in [0.29, 0.717) is 5.71 Å². The fraction of sp³-hybridized carbons (Fsp3) is 0.0714. The zero-order chi connectivity index (χ0) is 10.3. The first-order valence-corrected chi connectivity index (χ1v) is 5.12. The van der Waals surface area contributed by atoms with Crippen molar-refractivity contribution in [2.75, 3.05) is 0 Å². The molecule has 1 aliphatic rings. The average Bonchev–Trinajstić information content (AvgIpc) is 2.29. The van der Waals surface area contributed by atoms with Crippen LogP contribution >= 0.6 is 0 Å². The number of rotatable bonds is 0. The average molecular weight is 193 g/mol. The van der Waals surface area contributed by atoms with Crippen LogP contribution in [0.3, 0.4) is 0 Å². The van der Waals surface area contributed by atoms with Gasteiger partial charge in [-0.3, -0.25) is 0 Å². The molecular formula is C14H11N. The van der Waals surface area contributed by atoms with E-state index in [-0.39, 0.29) is 0 Å². The van der Waals surface area contributed by atoms with E-state index in [1.54, 1.807) is 0 Å². The Hall–Kier alpha value is -1.89. The minimum absolute atomic E-state index is 0.627. The molecule has 0 amide bonds. The largest absolute Gasteiger partial charge is 0.300 e. The highest BCUT2D eigenvalue weighted by atomic mass is 14.4. The molecule has 0 aliphatic heterocycles. The Morgan fingerprint density at radius 3 is 2.80 bits per heavy atom. The highest BCUT2D eigenvalue weighted by Gasteiger charge is 2.11. The van der Waals surface area contributed by atoms with Gasteiger partial charge in [0, 0.05) is 5.56 Å². The maximum Gasteiger partial charge on any atom is 0.0612 e. The Morgan fingerprint density at radius 1 is 1.00 bits per heavy atom. The molecule has 15 heavy (non-hydrogen) atoms. The minimum Gasteiger partial charge on any atom is -0.300 e. The molecule has 0 aromatic heterocycles. The van der Waals surface area contributed by atoms with Crippen LogP contribution in [0, 0.1) is 5.41 Å². The summed E-state index contributed by atoms with van der Waals surface area (Å²) in [6.45, 7) is 0. The molecule has 0 unspecified atom stereocenters. The molecule has 1 nitrogen and oxygen atoms in total. The van der Waals surface area contributed by atoms with E-state index in [0.717, 1.165) is 12.0 Å². The molecule has 1 aliphatic carbocycles. The molecule has 0 spiro atoms. The highest BCUT2D eigenvalue weighted by Crippen LogP contribution is 2.26. The van der Waals surface area contributed by atoms with E-state index in [1.165, 1.54) is 16.3 Å². The third kappa shape index (κ3) is 1.20. The summed E-state index contributed by atoms with van der Waals surface area (Å²) in [4.78, 5) is 0. The molecule has 1 N–H and O–H groups in total. The molecule has 0 atom stereocenters. The van der Waals surface area contributed by atoms with Gasteiger partial charge in [0.25, 0.3) is 0 Å². The summed E-state index contributed by atoms with van der Waals surface area (Å²) in [5.41, 5.74) is 3.00. The molecular weight excluding hydrogens is 182 g/mol. The second-order valence-corrected chi connectivity index (χ2v) is 3.83. The number of allylic oxidation sites excluding steroid dienone is 2. The third-order valence-electron chi connectivity index (χ3n) is 2.94. The normalized spacial score (nSPS) is 14.3. The molecule has 0 fully saturated rings. The first-order chi connectivity index (χ1) is 7.36. The van der Waals surface area contributed by atoms with Crippen LogP contribution in [0.15, 0.2) is 48.6 Å². The summed E-state index contributed by atoms with van der Waals surface area (Å²) >= 11 is 0. The smallest absolute Gasteiger partial charge is 0.0612 e. The first-order valence-electron chi connectivity index (χ1n) is 5.12. The van der Waals surface area contributed by atoms with E-state index in [1.807, 2.05) is 6.08 Å². The van der Waals surface area contributed by atoms with Crippen molar-refractivity contribution in [3.8, 4) is 0 Å². The molecule has 3 rings (SSSR count). The van der Waals surface area contributed by atoms with Gasteiger partial charge in [0.05, 0.1) is 5.71 Å². The van der Waals surface area contributed by atoms with Crippen LogP contribution in [0.2, 0.25) is 0 Å². The summed E-state index contributed by atoms with van der Waals surface area (Å²) in [7, 11) is 0. The summed E-state index contributed by atoms with van der Waals surface area (Å²) in [6, 6.07) is 12.5. The lowest BCUT2D eigenvalue weighted by Crippen LogP contribution is -2.05. The van der Waals surface area contributed by atoms with Gasteiger partial charge in [-0.15, -0.1) is 0 Å². The molecule has 0 bridgehead atoms. The quantitative estimate of drug-likeness (QED) is 0.663. The van der Waals surface area contributed by atoms with Crippen LogP contribution in [0.1, 0.15) is 11.1 Å². The fourth-order valence-electron chi connectivity index (χ4n) is 2.19. The highest BCUT2D eigenvalue weighted by molar-refractivity contribution is 6.11. The third-order valence-corrected chi connectivity index (χ3v) is 2.94. The van der Waals surface area contributed by atoms with Crippen molar-refractivity contribution in [1.29, 1.82) is 5.41 Å². The SMILES string of the molecule is N=C1C=CCc2c1ccc1ccccc21. The van der Waals surface area contributed by atoms with E-state index in [2.05, 4.69) is 42.5 Å². The fourth-order valence-corrected chi connectivity index (χ4v) is 2.19. The molecule has 2 aromatic rings. The van der Waals surface area contributed by atoms with E-state index in [4.69, 9.17) is 5.41 Å². The molecule has 0 radical (unpaired) electrons. The van der Waals surface area contributed by atoms with Gasteiger partial charge >= 0.3 is 0 Å². The zero-order valence-electron chi connectivity index (χ0n) is 8.33. The summed E-state index contributed by atoms with van der Waals surface area (Å²) in [5, 5.41) is 10.4. The Morgan fingerprint density at radius 2 is 1.87 bits per heavy atom. The van der Waals surface area contributed by atoms with Crippen LogP contribution in [-0.2, 0) is 6.42 Å². The Bertz CT molecular complexity index is 579. The van der Waals surface area contributed by atoms with Crippen molar-refractivity contribution in [2.24, 2.45) is 0 Å². The van der Waals surface area contributed by atoms with Gasteiger partial charge in [-0.25, -0.2) is 0 Å². The number of fused-ring (bicyclic) bond motifs is 3. The van der Waals surface area contributed by atoms with Crippen molar-refractivity contribution in [3.63, 3.8) is 0 Å². The zero-order valence-corrected chi connectivity index (χ0v) is 8.33. The first kappa shape index (κ1) is 8.42. The van der Waals surface area contributed by atoms with Crippen LogP contribution in [0.25, 0.3) is 10.8 Å². The summed E-state index contributed by atoms with van der Waals surface area (Å²) < 4.78 is 0. The Balaban J connectivity index is 2.41. The number of hydrogen-bond donors (Lipinski definition) is 1. The predicted octanol–water partition coefficient (Wildman–Crippen LogP) is 3.32. The molecule has 1 heteroatoms. The van der Waals surface area contributed by atoms with E-state index in [9.17, 15) is 0 Å². The maximum atomic E-state index is 7.86. The van der Waals surface area contributed by atoms with Gasteiger partial charge in [0.1, 0.15) is 0 Å². The summed E-state index contributed by atoms with van der Waals surface area (Å²) in [5.74, 6) is 0. The Labute approximate surface area is 88.6 Å². The lowest BCUT2D eigenvalue weighted by Gasteiger charge is -2.14. The second kappa shape index (κ2) is 3.06. The molecule has 0 saturated carbocycles.